The average molecular weight is 155 g/mol. The monoisotopic (exact) mass is 155 g/mol. The summed E-state index contributed by atoms with van der Waals surface area (Å²) < 4.78 is 0. The molecule has 0 atom stereocenters. The standard InChI is InChI=1S/C10H7N2/c1-3-7-11-9(5-1)10-6-2-4-8-12-10/h1-3,5-8H. The van der Waals surface area contributed by atoms with Crippen molar-refractivity contribution in [2.24, 2.45) is 0 Å². The molecule has 0 unspecified atom stereocenters. The first-order valence-electron chi connectivity index (χ1n) is 3.70. The third-order valence-electron chi connectivity index (χ3n) is 1.54. The summed E-state index contributed by atoms with van der Waals surface area (Å²) in [5.74, 6) is 0. The molecule has 0 aliphatic rings. The van der Waals surface area contributed by atoms with Gasteiger partial charge in [0.15, 0.2) is 0 Å². The van der Waals surface area contributed by atoms with Crippen LogP contribution in [0.5, 0.6) is 0 Å². The second-order valence-corrected chi connectivity index (χ2v) is 2.36. The molecule has 0 bridgehead atoms. The van der Waals surface area contributed by atoms with Gasteiger partial charge in [0.05, 0.1) is 11.4 Å². The molecule has 0 aliphatic heterocycles. The van der Waals surface area contributed by atoms with Crippen LogP contribution in [0.2, 0.25) is 0 Å². The van der Waals surface area contributed by atoms with Gasteiger partial charge in [-0.25, -0.2) is 0 Å². The van der Waals surface area contributed by atoms with E-state index in [9.17, 15) is 0 Å². The summed E-state index contributed by atoms with van der Waals surface area (Å²) in [6, 6.07) is 12.4. The normalized spacial score (nSPS) is 9.67. The summed E-state index contributed by atoms with van der Waals surface area (Å²) in [5, 5.41) is 0. The van der Waals surface area contributed by atoms with Gasteiger partial charge < -0.3 is 0 Å². The molecule has 0 fully saturated rings. The van der Waals surface area contributed by atoms with Crippen molar-refractivity contribution in [2.45, 2.75) is 0 Å². The molecule has 2 aromatic heterocycles. The van der Waals surface area contributed by atoms with Gasteiger partial charge in [0.25, 0.3) is 0 Å². The Morgan fingerprint density at radius 3 is 2.58 bits per heavy atom. The fraction of sp³-hybridized carbons (Fsp3) is 0. The maximum atomic E-state index is 4.17. The minimum absolute atomic E-state index is 0.884. The predicted octanol–water partition coefficient (Wildman–Crippen LogP) is 1.94. The van der Waals surface area contributed by atoms with Crippen molar-refractivity contribution >= 4 is 0 Å². The molecular formula is C10H7N2. The van der Waals surface area contributed by atoms with Crippen LogP contribution in [0.25, 0.3) is 11.4 Å². The number of nitrogens with zero attached hydrogens (tertiary/aromatic N) is 2. The van der Waals surface area contributed by atoms with Crippen LogP contribution in [-0.4, -0.2) is 9.97 Å². The quantitative estimate of drug-likeness (QED) is 0.629. The third-order valence-corrected chi connectivity index (χ3v) is 1.54. The molecule has 0 spiro atoms. The van der Waals surface area contributed by atoms with Crippen LogP contribution in [0.15, 0.2) is 42.7 Å². The maximum absolute atomic E-state index is 4.17. The van der Waals surface area contributed by atoms with E-state index in [1.807, 2.05) is 30.3 Å². The van der Waals surface area contributed by atoms with E-state index in [4.69, 9.17) is 0 Å². The highest BCUT2D eigenvalue weighted by Crippen LogP contribution is 2.10. The summed E-state index contributed by atoms with van der Waals surface area (Å²) in [5.41, 5.74) is 1.78. The van der Waals surface area contributed by atoms with Crippen molar-refractivity contribution in [3.8, 4) is 11.4 Å². The van der Waals surface area contributed by atoms with Gasteiger partial charge in [-0.05, 0) is 18.2 Å². The lowest BCUT2D eigenvalue weighted by molar-refractivity contribution is 1.24. The van der Waals surface area contributed by atoms with Crippen LogP contribution in [0.1, 0.15) is 0 Å². The van der Waals surface area contributed by atoms with Gasteiger partial charge in [-0.3, -0.25) is 9.97 Å². The van der Waals surface area contributed by atoms with Gasteiger partial charge in [-0.15, -0.1) is 0 Å². The lowest BCUT2D eigenvalue weighted by Crippen LogP contribution is -1.83. The van der Waals surface area contributed by atoms with Crippen LogP contribution < -0.4 is 0 Å². The van der Waals surface area contributed by atoms with Gasteiger partial charge >= 0.3 is 0 Å². The molecule has 2 nitrogen and oxygen atoms in total. The first-order chi connectivity index (χ1) is 5.97. The Hall–Kier alpha value is -1.70. The zero-order valence-corrected chi connectivity index (χ0v) is 6.44. The fourth-order valence-corrected chi connectivity index (χ4v) is 0.986. The second-order valence-electron chi connectivity index (χ2n) is 2.36. The summed E-state index contributed by atoms with van der Waals surface area (Å²) in [7, 11) is 0. The van der Waals surface area contributed by atoms with E-state index in [1.54, 1.807) is 12.4 Å². The molecule has 2 heterocycles. The Labute approximate surface area is 70.9 Å². The third kappa shape index (κ3) is 1.32. The van der Waals surface area contributed by atoms with Crippen LogP contribution in [0.3, 0.4) is 0 Å². The Kier molecular flexibility index (Phi) is 1.82. The molecular weight excluding hydrogens is 148 g/mol. The second kappa shape index (κ2) is 3.13. The number of hydrogen-bond donors (Lipinski definition) is 0. The Morgan fingerprint density at radius 2 is 1.92 bits per heavy atom. The van der Waals surface area contributed by atoms with Gasteiger partial charge in [-0.2, -0.15) is 0 Å². The van der Waals surface area contributed by atoms with Crippen molar-refractivity contribution in [1.29, 1.82) is 0 Å². The topological polar surface area (TPSA) is 25.8 Å². The number of aromatic nitrogens is 2. The highest BCUT2D eigenvalue weighted by molar-refractivity contribution is 5.52. The highest BCUT2D eigenvalue weighted by Gasteiger charge is 1.95. The molecule has 0 saturated carbocycles. The Morgan fingerprint density at radius 1 is 1.00 bits per heavy atom. The minimum Gasteiger partial charge on any atom is -0.255 e. The van der Waals surface area contributed by atoms with E-state index < -0.39 is 0 Å². The van der Waals surface area contributed by atoms with Crippen LogP contribution in [-0.2, 0) is 0 Å². The largest absolute Gasteiger partial charge is 0.255 e. The van der Waals surface area contributed by atoms with Gasteiger partial charge in [-0.1, -0.05) is 12.1 Å². The smallest absolute Gasteiger partial charge is 0.0886 e. The average Bonchev–Trinajstić information content (AvgIpc) is 2.21. The summed E-state index contributed by atoms with van der Waals surface area (Å²) >= 11 is 0. The van der Waals surface area contributed by atoms with Crippen molar-refractivity contribution < 1.29 is 0 Å². The van der Waals surface area contributed by atoms with E-state index >= 15 is 0 Å². The van der Waals surface area contributed by atoms with E-state index in [0.717, 1.165) is 11.4 Å². The zero-order chi connectivity index (χ0) is 8.23. The molecule has 0 aliphatic carbocycles. The molecule has 0 amide bonds. The van der Waals surface area contributed by atoms with Crippen molar-refractivity contribution in [1.82, 2.24) is 9.97 Å². The molecule has 12 heavy (non-hydrogen) atoms. The zero-order valence-electron chi connectivity index (χ0n) is 6.44. The lowest BCUT2D eigenvalue weighted by atomic mass is 10.2. The summed E-state index contributed by atoms with van der Waals surface area (Å²) in [4.78, 5) is 8.30. The SMILES string of the molecule is [c]1ccc(-c2ccccn2)nc1. The molecule has 2 aromatic rings. The molecule has 2 heteroatoms. The summed E-state index contributed by atoms with van der Waals surface area (Å²) in [6.45, 7) is 0. The van der Waals surface area contributed by atoms with Gasteiger partial charge in [0, 0.05) is 18.5 Å². The molecule has 0 saturated heterocycles. The molecule has 2 rings (SSSR count). The highest BCUT2D eigenvalue weighted by atomic mass is 14.7. The Bertz CT molecular complexity index is 305. The van der Waals surface area contributed by atoms with E-state index in [0.29, 0.717) is 0 Å². The fourth-order valence-electron chi connectivity index (χ4n) is 0.986. The van der Waals surface area contributed by atoms with Gasteiger partial charge in [0.1, 0.15) is 0 Å². The van der Waals surface area contributed by atoms with Crippen LogP contribution in [0.4, 0.5) is 0 Å². The number of pyridine rings is 2. The first-order valence-corrected chi connectivity index (χ1v) is 3.70. The van der Waals surface area contributed by atoms with Crippen LogP contribution >= 0.6 is 0 Å². The maximum Gasteiger partial charge on any atom is 0.0886 e. The van der Waals surface area contributed by atoms with E-state index in [1.165, 1.54) is 0 Å². The predicted molar refractivity (Wildman–Crippen MR) is 46.3 cm³/mol. The minimum atomic E-state index is 0.884. The first kappa shape index (κ1) is 6.98. The Balaban J connectivity index is 2.46. The van der Waals surface area contributed by atoms with E-state index in [2.05, 4.69) is 16.0 Å². The van der Waals surface area contributed by atoms with E-state index in [-0.39, 0.29) is 0 Å². The van der Waals surface area contributed by atoms with Crippen molar-refractivity contribution in [3.05, 3.63) is 48.8 Å². The number of rotatable bonds is 1. The molecule has 1 radical (unpaired) electrons. The van der Waals surface area contributed by atoms with Crippen LogP contribution in [0, 0.1) is 6.07 Å². The number of hydrogen-bond acceptors (Lipinski definition) is 2. The lowest BCUT2D eigenvalue weighted by Gasteiger charge is -1.96. The molecule has 0 aromatic carbocycles. The van der Waals surface area contributed by atoms with Gasteiger partial charge in [0.2, 0.25) is 0 Å². The molecule has 0 N–H and O–H groups in total. The molecule has 57 valence electrons. The van der Waals surface area contributed by atoms with Crippen molar-refractivity contribution in [2.75, 3.05) is 0 Å². The van der Waals surface area contributed by atoms with Crippen molar-refractivity contribution in [3.63, 3.8) is 0 Å². The summed E-state index contributed by atoms with van der Waals surface area (Å²) in [6.07, 6.45) is 3.40.